The van der Waals surface area contributed by atoms with Gasteiger partial charge in [-0.15, -0.1) is 11.8 Å². The van der Waals surface area contributed by atoms with Gasteiger partial charge in [-0.25, -0.2) is 13.6 Å². The van der Waals surface area contributed by atoms with Crippen LogP contribution in [0.5, 0.6) is 0 Å². The van der Waals surface area contributed by atoms with Crippen molar-refractivity contribution in [2.75, 3.05) is 5.75 Å². The van der Waals surface area contributed by atoms with Crippen LogP contribution in [0.1, 0.15) is 24.1 Å². The van der Waals surface area contributed by atoms with Crippen LogP contribution in [-0.4, -0.2) is 20.1 Å². The fourth-order valence-corrected chi connectivity index (χ4v) is 3.72. The zero-order chi connectivity index (χ0) is 18.4. The fraction of sp³-hybridized carbons (Fsp3) is 0.235. The van der Waals surface area contributed by atoms with Gasteiger partial charge < -0.3 is 5.32 Å². The van der Waals surface area contributed by atoms with Crippen molar-refractivity contribution in [2.45, 2.75) is 23.6 Å². The van der Waals surface area contributed by atoms with Crippen LogP contribution in [0.3, 0.4) is 0 Å². The van der Waals surface area contributed by atoms with Crippen LogP contribution in [0.15, 0.2) is 53.4 Å². The summed E-state index contributed by atoms with van der Waals surface area (Å²) in [5.74, 6) is 0.937. The monoisotopic (exact) mass is 398 g/mol. The van der Waals surface area contributed by atoms with Crippen LogP contribution in [0.25, 0.3) is 0 Å². The summed E-state index contributed by atoms with van der Waals surface area (Å²) in [6.45, 7) is 1.84. The van der Waals surface area contributed by atoms with Crippen LogP contribution in [0.4, 0.5) is 0 Å². The summed E-state index contributed by atoms with van der Waals surface area (Å²) in [7, 11) is -3.71. The van der Waals surface area contributed by atoms with Gasteiger partial charge in [-0.3, -0.25) is 4.79 Å². The highest BCUT2D eigenvalue weighted by molar-refractivity contribution is 7.99. The number of thioether (sulfide) groups is 1. The summed E-state index contributed by atoms with van der Waals surface area (Å²) in [6.07, 6.45) is 0. The summed E-state index contributed by atoms with van der Waals surface area (Å²) in [6, 6.07) is 13.5. The molecule has 0 bridgehead atoms. The number of nitrogens with two attached hydrogens (primary N) is 1. The highest BCUT2D eigenvalue weighted by atomic mass is 35.5. The second-order valence-electron chi connectivity index (χ2n) is 5.53. The van der Waals surface area contributed by atoms with Crippen LogP contribution < -0.4 is 10.5 Å². The number of nitrogens with one attached hydrogen (secondary N) is 1. The Labute approximate surface area is 157 Å². The minimum Gasteiger partial charge on any atom is -0.349 e. The van der Waals surface area contributed by atoms with Crippen molar-refractivity contribution in [3.8, 4) is 0 Å². The maximum atomic E-state index is 12.0. The molecular formula is C17H19ClN2O3S2. The van der Waals surface area contributed by atoms with Gasteiger partial charge in [0.1, 0.15) is 0 Å². The minimum absolute atomic E-state index is 0.0480. The SMILES string of the molecule is CC(NC(=O)CSCc1cccc(Cl)c1)c1ccc(S(N)(=O)=O)cc1. The molecular weight excluding hydrogens is 380 g/mol. The number of hydrogen-bond acceptors (Lipinski definition) is 4. The van der Waals surface area contributed by atoms with Crippen molar-refractivity contribution in [1.82, 2.24) is 5.32 Å². The van der Waals surface area contributed by atoms with E-state index in [1.165, 1.54) is 23.9 Å². The summed E-state index contributed by atoms with van der Waals surface area (Å²) >= 11 is 7.43. The fourth-order valence-electron chi connectivity index (χ4n) is 2.20. The first kappa shape index (κ1) is 19.8. The summed E-state index contributed by atoms with van der Waals surface area (Å²) in [5.41, 5.74) is 1.87. The predicted molar refractivity (Wildman–Crippen MR) is 102 cm³/mol. The molecule has 25 heavy (non-hydrogen) atoms. The quantitative estimate of drug-likeness (QED) is 0.749. The van der Waals surface area contributed by atoms with Crippen LogP contribution in [0.2, 0.25) is 5.02 Å². The maximum Gasteiger partial charge on any atom is 0.238 e. The smallest absolute Gasteiger partial charge is 0.238 e. The lowest BCUT2D eigenvalue weighted by molar-refractivity contribution is -0.119. The Morgan fingerprint density at radius 2 is 1.92 bits per heavy atom. The molecule has 2 aromatic carbocycles. The summed E-state index contributed by atoms with van der Waals surface area (Å²) in [5, 5.41) is 8.63. The number of carbonyl (C=O) groups excluding carboxylic acids is 1. The van der Waals surface area contributed by atoms with Gasteiger partial charge in [0.25, 0.3) is 0 Å². The molecule has 0 radical (unpaired) electrons. The molecule has 5 nitrogen and oxygen atoms in total. The van der Waals surface area contributed by atoms with Gasteiger partial charge >= 0.3 is 0 Å². The van der Waals surface area contributed by atoms with Gasteiger partial charge in [0.2, 0.25) is 15.9 Å². The molecule has 0 aliphatic carbocycles. The molecule has 0 aliphatic rings. The number of amides is 1. The number of benzene rings is 2. The molecule has 0 saturated carbocycles. The van der Waals surface area contributed by atoms with Crippen molar-refractivity contribution in [3.05, 3.63) is 64.7 Å². The Morgan fingerprint density at radius 1 is 1.24 bits per heavy atom. The Kier molecular flexibility index (Phi) is 6.89. The third-order valence-electron chi connectivity index (χ3n) is 3.48. The van der Waals surface area contributed by atoms with Crippen LogP contribution >= 0.6 is 23.4 Å². The second-order valence-corrected chi connectivity index (χ2v) is 8.51. The van der Waals surface area contributed by atoms with E-state index >= 15 is 0 Å². The molecule has 3 N–H and O–H groups in total. The van der Waals surface area contributed by atoms with Crippen molar-refractivity contribution in [3.63, 3.8) is 0 Å². The van der Waals surface area contributed by atoms with Crippen LogP contribution in [0, 0.1) is 0 Å². The normalized spacial score (nSPS) is 12.6. The highest BCUT2D eigenvalue weighted by Crippen LogP contribution is 2.18. The molecule has 0 spiro atoms. The average molecular weight is 399 g/mol. The van der Waals surface area contributed by atoms with Crippen LogP contribution in [-0.2, 0) is 20.6 Å². The first-order chi connectivity index (χ1) is 11.8. The van der Waals surface area contributed by atoms with E-state index in [4.69, 9.17) is 16.7 Å². The Hall–Kier alpha value is -1.54. The molecule has 0 aromatic heterocycles. The standard InChI is InChI=1S/C17H19ClN2O3S2/c1-12(14-5-7-16(8-6-14)25(19,22)23)20-17(21)11-24-10-13-3-2-4-15(18)9-13/h2-9,12H,10-11H2,1H3,(H,20,21)(H2,19,22,23). The van der Waals surface area contributed by atoms with E-state index in [9.17, 15) is 13.2 Å². The van der Waals surface area contributed by atoms with E-state index < -0.39 is 10.0 Å². The highest BCUT2D eigenvalue weighted by Gasteiger charge is 2.12. The lowest BCUT2D eigenvalue weighted by Gasteiger charge is -2.14. The van der Waals surface area contributed by atoms with Gasteiger partial charge in [-0.05, 0) is 42.3 Å². The number of carbonyl (C=O) groups is 1. The van der Waals surface area contributed by atoms with E-state index in [0.29, 0.717) is 16.5 Å². The molecule has 2 rings (SSSR count). The predicted octanol–water partition coefficient (Wildman–Crippen LogP) is 3.10. The van der Waals surface area contributed by atoms with Crippen molar-refractivity contribution in [1.29, 1.82) is 0 Å². The Morgan fingerprint density at radius 3 is 2.52 bits per heavy atom. The van der Waals surface area contributed by atoms with Gasteiger partial charge in [0, 0.05) is 10.8 Å². The van der Waals surface area contributed by atoms with E-state index in [1.54, 1.807) is 12.1 Å². The first-order valence-electron chi connectivity index (χ1n) is 7.50. The lowest BCUT2D eigenvalue weighted by Crippen LogP contribution is -2.28. The molecule has 0 saturated heterocycles. The number of halogens is 1. The van der Waals surface area contributed by atoms with Gasteiger partial charge in [0.15, 0.2) is 0 Å². The molecule has 1 atom stereocenters. The molecule has 0 fully saturated rings. The molecule has 0 heterocycles. The van der Waals surface area contributed by atoms with E-state index in [1.807, 2.05) is 31.2 Å². The molecule has 134 valence electrons. The third kappa shape index (κ3) is 6.36. The van der Waals surface area contributed by atoms with Crippen molar-refractivity contribution in [2.24, 2.45) is 5.14 Å². The molecule has 1 unspecified atom stereocenters. The minimum atomic E-state index is -3.71. The zero-order valence-corrected chi connectivity index (χ0v) is 16.0. The molecule has 2 aromatic rings. The van der Waals surface area contributed by atoms with E-state index in [0.717, 1.165) is 11.1 Å². The van der Waals surface area contributed by atoms with E-state index in [-0.39, 0.29) is 16.8 Å². The molecule has 1 amide bonds. The number of hydrogen-bond donors (Lipinski definition) is 2. The van der Waals surface area contributed by atoms with Crippen molar-refractivity contribution >= 4 is 39.3 Å². The van der Waals surface area contributed by atoms with Gasteiger partial charge in [-0.1, -0.05) is 35.9 Å². The molecule has 0 aliphatic heterocycles. The first-order valence-corrected chi connectivity index (χ1v) is 10.6. The number of primary sulfonamides is 1. The average Bonchev–Trinajstić information content (AvgIpc) is 2.54. The maximum absolute atomic E-state index is 12.0. The van der Waals surface area contributed by atoms with Gasteiger partial charge in [-0.2, -0.15) is 0 Å². The number of sulfonamides is 1. The van der Waals surface area contributed by atoms with Crippen molar-refractivity contribution < 1.29 is 13.2 Å². The number of rotatable bonds is 7. The Bertz CT molecular complexity index is 839. The third-order valence-corrected chi connectivity index (χ3v) is 5.65. The summed E-state index contributed by atoms with van der Waals surface area (Å²) in [4.78, 5) is 12.1. The largest absolute Gasteiger partial charge is 0.349 e. The second kappa shape index (κ2) is 8.71. The molecule has 8 heteroatoms. The lowest BCUT2D eigenvalue weighted by atomic mass is 10.1. The summed E-state index contributed by atoms with van der Waals surface area (Å²) < 4.78 is 22.5. The Balaban J connectivity index is 1.83. The van der Waals surface area contributed by atoms with Gasteiger partial charge in [0.05, 0.1) is 16.7 Å². The van der Waals surface area contributed by atoms with E-state index in [2.05, 4.69) is 5.32 Å². The topological polar surface area (TPSA) is 89.3 Å². The zero-order valence-electron chi connectivity index (χ0n) is 13.6.